The molecule has 0 saturated heterocycles. The van der Waals surface area contributed by atoms with Crippen LogP contribution in [0.3, 0.4) is 0 Å². The lowest BCUT2D eigenvalue weighted by atomic mass is 10.1. The van der Waals surface area contributed by atoms with Gasteiger partial charge in [0.1, 0.15) is 5.82 Å². The third-order valence-electron chi connectivity index (χ3n) is 3.58. The van der Waals surface area contributed by atoms with Gasteiger partial charge in [-0.05, 0) is 31.7 Å². The van der Waals surface area contributed by atoms with Crippen LogP contribution < -0.4 is 5.73 Å². The summed E-state index contributed by atoms with van der Waals surface area (Å²) in [5, 5.41) is 0. The number of fused-ring (bicyclic) bond motifs is 1. The van der Waals surface area contributed by atoms with E-state index < -0.39 is 0 Å². The summed E-state index contributed by atoms with van der Waals surface area (Å²) in [7, 11) is 0. The summed E-state index contributed by atoms with van der Waals surface area (Å²) in [6.45, 7) is 0. The second-order valence-corrected chi connectivity index (χ2v) is 5.75. The Morgan fingerprint density at radius 2 is 1.79 bits per heavy atom. The molecule has 0 spiro atoms. The van der Waals surface area contributed by atoms with E-state index in [1.807, 2.05) is 24.3 Å². The maximum Gasteiger partial charge on any atom is 0.162 e. The molecule has 1 aromatic carbocycles. The molecule has 2 N–H and O–H groups in total. The molecule has 19 heavy (non-hydrogen) atoms. The summed E-state index contributed by atoms with van der Waals surface area (Å²) < 4.78 is 1.00. The van der Waals surface area contributed by atoms with Crippen LogP contribution in [0.5, 0.6) is 0 Å². The third kappa shape index (κ3) is 2.50. The highest BCUT2D eigenvalue weighted by Gasteiger charge is 2.16. The summed E-state index contributed by atoms with van der Waals surface area (Å²) in [4.78, 5) is 9.24. The van der Waals surface area contributed by atoms with E-state index in [4.69, 9.17) is 10.7 Å². The second kappa shape index (κ2) is 5.29. The molecule has 1 heterocycles. The minimum Gasteiger partial charge on any atom is -0.383 e. The van der Waals surface area contributed by atoms with E-state index in [-0.39, 0.29) is 0 Å². The molecule has 0 bridgehead atoms. The lowest BCUT2D eigenvalue weighted by Crippen LogP contribution is -2.06. The van der Waals surface area contributed by atoms with E-state index in [1.54, 1.807) is 0 Å². The van der Waals surface area contributed by atoms with Gasteiger partial charge in [-0.25, -0.2) is 9.97 Å². The third-order valence-corrected chi connectivity index (χ3v) is 4.27. The van der Waals surface area contributed by atoms with Crippen LogP contribution in [-0.2, 0) is 12.8 Å². The number of rotatable bonds is 1. The zero-order valence-electron chi connectivity index (χ0n) is 10.7. The van der Waals surface area contributed by atoms with Gasteiger partial charge >= 0.3 is 0 Å². The van der Waals surface area contributed by atoms with Gasteiger partial charge in [0.25, 0.3) is 0 Å². The first-order valence-corrected chi connectivity index (χ1v) is 7.45. The quantitative estimate of drug-likeness (QED) is 0.815. The van der Waals surface area contributed by atoms with E-state index in [9.17, 15) is 0 Å². The molecule has 4 heteroatoms. The summed E-state index contributed by atoms with van der Waals surface area (Å²) in [5.41, 5.74) is 9.43. The predicted octanol–water partition coefficient (Wildman–Crippen LogP) is 3.76. The molecule has 98 valence electrons. The standard InChI is InChI=1S/C15H16BrN3/c16-12-8-5-4-6-10(12)15-18-13-9-3-1-2-7-11(13)14(17)19-15/h4-6,8H,1-3,7,9H2,(H2,17,18,19). The van der Waals surface area contributed by atoms with E-state index >= 15 is 0 Å². The normalized spacial score (nSPS) is 14.8. The molecular weight excluding hydrogens is 302 g/mol. The lowest BCUT2D eigenvalue weighted by Gasteiger charge is -2.11. The molecule has 0 fully saturated rings. The van der Waals surface area contributed by atoms with Crippen molar-refractivity contribution in [3.05, 3.63) is 40.0 Å². The fraction of sp³-hybridized carbons (Fsp3) is 0.333. The zero-order chi connectivity index (χ0) is 13.2. The topological polar surface area (TPSA) is 51.8 Å². The van der Waals surface area contributed by atoms with E-state index in [2.05, 4.69) is 20.9 Å². The van der Waals surface area contributed by atoms with Gasteiger partial charge in [-0.2, -0.15) is 0 Å². The Morgan fingerprint density at radius 1 is 1.00 bits per heavy atom. The number of aromatic nitrogens is 2. The summed E-state index contributed by atoms with van der Waals surface area (Å²) in [6.07, 6.45) is 5.66. The highest BCUT2D eigenvalue weighted by Crippen LogP contribution is 2.29. The average molecular weight is 318 g/mol. The number of nitrogen functional groups attached to an aromatic ring is 1. The molecule has 0 atom stereocenters. The van der Waals surface area contributed by atoms with Crippen molar-refractivity contribution in [2.75, 3.05) is 5.73 Å². The Bertz CT molecular complexity index is 610. The van der Waals surface area contributed by atoms with Crippen LogP contribution in [0, 0.1) is 0 Å². The maximum atomic E-state index is 6.13. The van der Waals surface area contributed by atoms with Crippen LogP contribution in [0.25, 0.3) is 11.4 Å². The Kier molecular flexibility index (Phi) is 3.51. The van der Waals surface area contributed by atoms with Crippen molar-refractivity contribution < 1.29 is 0 Å². The first-order valence-electron chi connectivity index (χ1n) is 6.66. The zero-order valence-corrected chi connectivity index (χ0v) is 12.3. The first-order chi connectivity index (χ1) is 9.25. The predicted molar refractivity (Wildman–Crippen MR) is 80.8 cm³/mol. The molecule has 0 saturated carbocycles. The van der Waals surface area contributed by atoms with Crippen LogP contribution in [0.4, 0.5) is 5.82 Å². The van der Waals surface area contributed by atoms with Crippen molar-refractivity contribution in [1.29, 1.82) is 0 Å². The van der Waals surface area contributed by atoms with Gasteiger partial charge in [-0.3, -0.25) is 0 Å². The van der Waals surface area contributed by atoms with Crippen molar-refractivity contribution in [3.8, 4) is 11.4 Å². The van der Waals surface area contributed by atoms with Gasteiger partial charge in [0.05, 0.1) is 0 Å². The average Bonchev–Trinajstić information content (AvgIpc) is 2.65. The number of nitrogens with zero attached hydrogens (tertiary/aromatic N) is 2. The van der Waals surface area contributed by atoms with E-state index in [1.165, 1.54) is 19.3 Å². The molecule has 0 unspecified atom stereocenters. The number of hydrogen-bond donors (Lipinski definition) is 1. The fourth-order valence-corrected chi connectivity index (χ4v) is 3.02. The van der Waals surface area contributed by atoms with Crippen molar-refractivity contribution in [2.24, 2.45) is 0 Å². The Hall–Kier alpha value is -1.42. The smallest absolute Gasteiger partial charge is 0.162 e. The van der Waals surface area contributed by atoms with Crippen molar-refractivity contribution in [2.45, 2.75) is 32.1 Å². The molecule has 3 nitrogen and oxygen atoms in total. The van der Waals surface area contributed by atoms with Crippen molar-refractivity contribution >= 4 is 21.7 Å². The molecule has 3 rings (SSSR count). The highest BCUT2D eigenvalue weighted by molar-refractivity contribution is 9.10. The Balaban J connectivity index is 2.12. The van der Waals surface area contributed by atoms with Gasteiger partial charge in [-0.1, -0.05) is 40.5 Å². The lowest BCUT2D eigenvalue weighted by molar-refractivity contribution is 0.709. The van der Waals surface area contributed by atoms with E-state index in [0.29, 0.717) is 5.82 Å². The summed E-state index contributed by atoms with van der Waals surface area (Å²) in [5.74, 6) is 1.38. The molecule has 0 amide bonds. The van der Waals surface area contributed by atoms with Crippen LogP contribution in [0.15, 0.2) is 28.7 Å². The minimum absolute atomic E-state index is 0.651. The SMILES string of the molecule is Nc1nc(-c2ccccc2Br)nc2c1CCCCC2. The number of nitrogens with two attached hydrogens (primary N) is 1. The van der Waals surface area contributed by atoms with Gasteiger partial charge < -0.3 is 5.73 Å². The number of hydrogen-bond acceptors (Lipinski definition) is 3. The Labute approximate surface area is 121 Å². The highest BCUT2D eigenvalue weighted by atomic mass is 79.9. The van der Waals surface area contributed by atoms with Gasteiger partial charge in [-0.15, -0.1) is 0 Å². The van der Waals surface area contributed by atoms with Crippen LogP contribution in [0.2, 0.25) is 0 Å². The van der Waals surface area contributed by atoms with Crippen molar-refractivity contribution in [1.82, 2.24) is 9.97 Å². The number of benzene rings is 1. The molecule has 1 aliphatic rings. The molecular formula is C15H16BrN3. The number of aryl methyl sites for hydroxylation is 1. The minimum atomic E-state index is 0.651. The monoisotopic (exact) mass is 317 g/mol. The largest absolute Gasteiger partial charge is 0.383 e. The van der Waals surface area contributed by atoms with Crippen LogP contribution >= 0.6 is 15.9 Å². The Morgan fingerprint density at radius 3 is 2.63 bits per heavy atom. The van der Waals surface area contributed by atoms with Crippen LogP contribution in [-0.4, -0.2) is 9.97 Å². The van der Waals surface area contributed by atoms with E-state index in [0.717, 1.165) is 40.0 Å². The maximum absolute atomic E-state index is 6.13. The van der Waals surface area contributed by atoms with Crippen LogP contribution in [0.1, 0.15) is 30.5 Å². The fourth-order valence-electron chi connectivity index (χ4n) is 2.56. The number of halogens is 1. The molecule has 2 aromatic rings. The van der Waals surface area contributed by atoms with Gasteiger partial charge in [0, 0.05) is 21.3 Å². The molecule has 0 aliphatic heterocycles. The van der Waals surface area contributed by atoms with Gasteiger partial charge in [0.2, 0.25) is 0 Å². The summed E-state index contributed by atoms with van der Waals surface area (Å²) in [6, 6.07) is 7.99. The van der Waals surface area contributed by atoms with Crippen molar-refractivity contribution in [3.63, 3.8) is 0 Å². The number of anilines is 1. The molecule has 1 aromatic heterocycles. The van der Waals surface area contributed by atoms with Gasteiger partial charge in [0.15, 0.2) is 5.82 Å². The first kappa shape index (κ1) is 12.6. The molecule has 0 radical (unpaired) electrons. The second-order valence-electron chi connectivity index (χ2n) is 4.90. The summed E-state index contributed by atoms with van der Waals surface area (Å²) >= 11 is 3.55. The molecule has 1 aliphatic carbocycles.